The average molecular weight is 399 g/mol. The Morgan fingerprint density at radius 1 is 1.18 bits per heavy atom. The van der Waals surface area contributed by atoms with Crippen LogP contribution < -0.4 is 5.32 Å². The predicted octanol–water partition coefficient (Wildman–Crippen LogP) is 5.17. The van der Waals surface area contributed by atoms with Gasteiger partial charge >= 0.3 is 5.97 Å². The standard InChI is InChI=1S/C21H15F2NO3S/c1-10-5-7-11(8-6-10)16-18-19(28-20(16)21(26)27)13(9-15(25)24-18)12-3-2-4-14(22)17(12)23/h2-8,13H,9H2,1H3,(H,24,25)(H,26,27)/t13-/m0/s1. The van der Waals surface area contributed by atoms with Gasteiger partial charge in [-0.3, -0.25) is 4.79 Å². The Morgan fingerprint density at radius 3 is 2.57 bits per heavy atom. The summed E-state index contributed by atoms with van der Waals surface area (Å²) < 4.78 is 28.2. The normalized spacial score (nSPS) is 15.8. The smallest absolute Gasteiger partial charge is 0.346 e. The van der Waals surface area contributed by atoms with Crippen molar-refractivity contribution in [1.82, 2.24) is 0 Å². The van der Waals surface area contributed by atoms with Crippen molar-refractivity contribution in [3.05, 3.63) is 75.0 Å². The van der Waals surface area contributed by atoms with Crippen molar-refractivity contribution in [2.24, 2.45) is 0 Å². The number of nitrogens with one attached hydrogen (secondary N) is 1. The van der Waals surface area contributed by atoms with Gasteiger partial charge in [0.2, 0.25) is 5.91 Å². The van der Waals surface area contributed by atoms with Gasteiger partial charge in [-0.25, -0.2) is 13.6 Å². The third-order valence-electron chi connectivity index (χ3n) is 4.80. The second-order valence-electron chi connectivity index (χ2n) is 6.66. The molecule has 1 atom stereocenters. The number of hydrogen-bond acceptors (Lipinski definition) is 3. The topological polar surface area (TPSA) is 66.4 Å². The molecule has 3 aromatic rings. The fourth-order valence-electron chi connectivity index (χ4n) is 3.47. The molecule has 2 aromatic carbocycles. The van der Waals surface area contributed by atoms with Crippen molar-refractivity contribution in [3.63, 3.8) is 0 Å². The molecule has 1 amide bonds. The highest BCUT2D eigenvalue weighted by Gasteiger charge is 2.35. The summed E-state index contributed by atoms with van der Waals surface area (Å²) in [4.78, 5) is 24.8. The molecular weight excluding hydrogens is 384 g/mol. The molecule has 0 saturated heterocycles. The summed E-state index contributed by atoms with van der Waals surface area (Å²) in [6, 6.07) is 11.1. The number of carbonyl (C=O) groups is 2. The maximum Gasteiger partial charge on any atom is 0.346 e. The van der Waals surface area contributed by atoms with E-state index in [9.17, 15) is 23.5 Å². The summed E-state index contributed by atoms with van der Waals surface area (Å²) in [6.45, 7) is 1.91. The maximum absolute atomic E-state index is 14.4. The first-order valence-corrected chi connectivity index (χ1v) is 9.39. The number of aromatic carboxylic acids is 1. The number of hydrogen-bond donors (Lipinski definition) is 2. The number of benzene rings is 2. The molecule has 1 aromatic heterocycles. The van der Waals surface area contributed by atoms with E-state index in [0.717, 1.165) is 23.0 Å². The van der Waals surface area contributed by atoms with Gasteiger partial charge in [-0.05, 0) is 24.1 Å². The molecule has 0 fully saturated rings. The van der Waals surface area contributed by atoms with Crippen LogP contribution in [-0.2, 0) is 4.79 Å². The zero-order valence-electron chi connectivity index (χ0n) is 14.8. The molecule has 1 aliphatic rings. The van der Waals surface area contributed by atoms with Crippen molar-refractivity contribution < 1.29 is 23.5 Å². The van der Waals surface area contributed by atoms with Crippen LogP contribution in [-0.4, -0.2) is 17.0 Å². The average Bonchev–Trinajstić information content (AvgIpc) is 3.04. The van der Waals surface area contributed by atoms with Crippen molar-refractivity contribution in [1.29, 1.82) is 0 Å². The Balaban J connectivity index is 1.96. The van der Waals surface area contributed by atoms with E-state index in [2.05, 4.69) is 5.32 Å². The Kier molecular flexibility index (Phi) is 4.47. The van der Waals surface area contributed by atoms with E-state index >= 15 is 0 Å². The molecule has 0 spiro atoms. The summed E-state index contributed by atoms with van der Waals surface area (Å²) >= 11 is 0.985. The van der Waals surface area contributed by atoms with Crippen LogP contribution in [0.4, 0.5) is 14.5 Å². The fraction of sp³-hybridized carbons (Fsp3) is 0.143. The summed E-state index contributed by atoms with van der Waals surface area (Å²) in [5, 5.41) is 12.5. The lowest BCUT2D eigenvalue weighted by Crippen LogP contribution is -2.23. The van der Waals surface area contributed by atoms with Crippen LogP contribution in [0.2, 0.25) is 0 Å². The predicted molar refractivity (Wildman–Crippen MR) is 103 cm³/mol. The van der Waals surface area contributed by atoms with Crippen LogP contribution in [0.25, 0.3) is 11.1 Å². The molecule has 0 radical (unpaired) electrons. The van der Waals surface area contributed by atoms with Gasteiger partial charge in [0.1, 0.15) is 4.88 Å². The van der Waals surface area contributed by atoms with Crippen LogP contribution in [0.15, 0.2) is 42.5 Å². The molecule has 0 bridgehead atoms. The molecule has 28 heavy (non-hydrogen) atoms. The number of thiophene rings is 1. The highest BCUT2D eigenvalue weighted by molar-refractivity contribution is 7.15. The van der Waals surface area contributed by atoms with Gasteiger partial charge in [0.05, 0.1) is 5.69 Å². The molecule has 4 nitrogen and oxygen atoms in total. The molecule has 0 unspecified atom stereocenters. The van der Waals surface area contributed by atoms with Gasteiger partial charge in [-0.1, -0.05) is 42.0 Å². The summed E-state index contributed by atoms with van der Waals surface area (Å²) in [5.74, 6) is -4.28. The van der Waals surface area contributed by atoms with Crippen LogP contribution in [0.3, 0.4) is 0 Å². The van der Waals surface area contributed by atoms with E-state index in [4.69, 9.17) is 0 Å². The van der Waals surface area contributed by atoms with E-state index in [-0.39, 0.29) is 22.8 Å². The molecule has 7 heteroatoms. The lowest BCUT2D eigenvalue weighted by Gasteiger charge is -2.24. The number of carbonyl (C=O) groups excluding carboxylic acids is 1. The highest BCUT2D eigenvalue weighted by Crippen LogP contribution is 2.49. The van der Waals surface area contributed by atoms with Crippen LogP contribution >= 0.6 is 11.3 Å². The van der Waals surface area contributed by atoms with Crippen molar-refractivity contribution in [3.8, 4) is 11.1 Å². The first-order valence-electron chi connectivity index (χ1n) is 8.57. The van der Waals surface area contributed by atoms with Crippen molar-refractivity contribution in [2.75, 3.05) is 5.32 Å². The summed E-state index contributed by atoms with van der Waals surface area (Å²) in [5.41, 5.74) is 2.44. The van der Waals surface area contributed by atoms with E-state index in [1.165, 1.54) is 12.1 Å². The largest absolute Gasteiger partial charge is 0.477 e. The van der Waals surface area contributed by atoms with Gasteiger partial charge in [0, 0.05) is 22.8 Å². The van der Waals surface area contributed by atoms with E-state index in [0.29, 0.717) is 21.7 Å². The highest BCUT2D eigenvalue weighted by atomic mass is 32.1. The number of anilines is 1. The second kappa shape index (κ2) is 6.83. The zero-order chi connectivity index (χ0) is 20.0. The third kappa shape index (κ3) is 2.97. The lowest BCUT2D eigenvalue weighted by molar-refractivity contribution is -0.116. The Hall–Kier alpha value is -3.06. The van der Waals surface area contributed by atoms with Crippen LogP contribution in [0.1, 0.15) is 38.0 Å². The molecule has 2 N–H and O–H groups in total. The van der Waals surface area contributed by atoms with Crippen molar-refractivity contribution >= 4 is 28.9 Å². The molecule has 4 rings (SSSR count). The quantitative estimate of drug-likeness (QED) is 0.638. The first kappa shape index (κ1) is 18.3. The van der Waals surface area contributed by atoms with Gasteiger partial charge in [0.25, 0.3) is 0 Å². The molecule has 0 saturated carbocycles. The first-order chi connectivity index (χ1) is 13.4. The van der Waals surface area contributed by atoms with Gasteiger partial charge in [0.15, 0.2) is 11.6 Å². The van der Waals surface area contributed by atoms with E-state index in [1.807, 2.05) is 19.1 Å². The Labute approximate surface area is 163 Å². The van der Waals surface area contributed by atoms with Gasteiger partial charge in [-0.15, -0.1) is 11.3 Å². The number of carboxylic acid groups (broad SMARTS) is 1. The number of carboxylic acids is 1. The van der Waals surface area contributed by atoms with Crippen LogP contribution in [0, 0.1) is 18.6 Å². The monoisotopic (exact) mass is 399 g/mol. The van der Waals surface area contributed by atoms with E-state index < -0.39 is 23.5 Å². The lowest BCUT2D eigenvalue weighted by atomic mass is 9.88. The fourth-order valence-corrected chi connectivity index (χ4v) is 4.71. The zero-order valence-corrected chi connectivity index (χ0v) is 15.6. The summed E-state index contributed by atoms with van der Waals surface area (Å²) in [6.07, 6.45) is -0.0831. The summed E-state index contributed by atoms with van der Waals surface area (Å²) in [7, 11) is 0. The Morgan fingerprint density at radius 2 is 1.89 bits per heavy atom. The van der Waals surface area contributed by atoms with Gasteiger partial charge < -0.3 is 10.4 Å². The molecule has 1 aliphatic heterocycles. The number of fused-ring (bicyclic) bond motifs is 1. The maximum atomic E-state index is 14.4. The minimum atomic E-state index is -1.14. The van der Waals surface area contributed by atoms with E-state index in [1.54, 1.807) is 12.1 Å². The number of amides is 1. The third-order valence-corrected chi connectivity index (χ3v) is 6.09. The second-order valence-corrected chi connectivity index (χ2v) is 7.72. The SMILES string of the molecule is Cc1ccc(-c2c(C(=O)O)sc3c2NC(=O)C[C@H]3c2cccc(F)c2F)cc1. The minimum absolute atomic E-state index is 0.0461. The molecule has 0 aliphatic carbocycles. The number of aryl methyl sites for hydroxylation is 1. The molecule has 2 heterocycles. The van der Waals surface area contributed by atoms with Crippen LogP contribution in [0.5, 0.6) is 0 Å². The number of halogens is 2. The van der Waals surface area contributed by atoms with Gasteiger partial charge in [-0.2, -0.15) is 0 Å². The molecule has 142 valence electrons. The van der Waals surface area contributed by atoms with Crippen molar-refractivity contribution in [2.45, 2.75) is 19.3 Å². The Bertz CT molecular complexity index is 1110. The molecular formula is C21H15F2NO3S. The minimum Gasteiger partial charge on any atom is -0.477 e. The number of rotatable bonds is 3.